The van der Waals surface area contributed by atoms with Crippen LogP contribution in [0.5, 0.6) is 0 Å². The van der Waals surface area contributed by atoms with E-state index in [1.165, 1.54) is 11.8 Å². The standard InChI is InChI=1S/C40H42N4O4S/c1-40(2,3)44-37(46)30-19-11-13-21-36(30)49-26-35(45)33(24-27-14-6-4-7-15-27)42-39(48)34(25-28-16-8-5-9-17-28)43-38(47)32-23-22-29-18-10-12-20-31(29)41-32/h4-23,33-35,45H,24-26H2,1-3H3,(H,42,48)(H,43,47)(H,44,46)/t33-,34-,35-/m0/s1. The molecule has 0 spiro atoms. The van der Waals surface area contributed by atoms with Crippen molar-refractivity contribution < 1.29 is 19.5 Å². The molecule has 252 valence electrons. The van der Waals surface area contributed by atoms with E-state index in [0.29, 0.717) is 17.5 Å². The second-order valence-electron chi connectivity index (χ2n) is 13.0. The van der Waals surface area contributed by atoms with Crippen molar-refractivity contribution in [2.24, 2.45) is 0 Å². The minimum absolute atomic E-state index is 0.195. The van der Waals surface area contributed by atoms with Crippen molar-refractivity contribution in [1.29, 1.82) is 0 Å². The topological polar surface area (TPSA) is 120 Å². The Labute approximate surface area is 291 Å². The molecule has 1 aromatic heterocycles. The highest BCUT2D eigenvalue weighted by Crippen LogP contribution is 2.25. The summed E-state index contributed by atoms with van der Waals surface area (Å²) in [4.78, 5) is 45.9. The fraction of sp³-hybridized carbons (Fsp3) is 0.250. The fourth-order valence-corrected chi connectivity index (χ4v) is 6.47. The van der Waals surface area contributed by atoms with Crippen LogP contribution < -0.4 is 16.0 Å². The van der Waals surface area contributed by atoms with Gasteiger partial charge in [-0.25, -0.2) is 4.98 Å². The van der Waals surface area contributed by atoms with Gasteiger partial charge in [0.1, 0.15) is 11.7 Å². The number of para-hydroxylation sites is 1. The lowest BCUT2D eigenvalue weighted by molar-refractivity contribution is -0.124. The first-order valence-electron chi connectivity index (χ1n) is 16.3. The second-order valence-corrected chi connectivity index (χ2v) is 14.1. The van der Waals surface area contributed by atoms with Crippen molar-refractivity contribution >= 4 is 40.4 Å². The first-order valence-corrected chi connectivity index (χ1v) is 17.3. The summed E-state index contributed by atoms with van der Waals surface area (Å²) in [5, 5.41) is 21.5. The Hall–Kier alpha value is -4.99. The number of amides is 3. The number of hydrogen-bond donors (Lipinski definition) is 4. The average Bonchev–Trinajstić information content (AvgIpc) is 3.10. The van der Waals surface area contributed by atoms with E-state index in [2.05, 4.69) is 20.9 Å². The van der Waals surface area contributed by atoms with Crippen molar-refractivity contribution in [3.8, 4) is 0 Å². The molecule has 49 heavy (non-hydrogen) atoms. The summed E-state index contributed by atoms with van der Waals surface area (Å²) in [6.45, 7) is 5.77. The molecule has 0 unspecified atom stereocenters. The molecule has 0 radical (unpaired) electrons. The van der Waals surface area contributed by atoms with Crippen LogP contribution in [0.1, 0.15) is 52.7 Å². The van der Waals surface area contributed by atoms with E-state index in [1.807, 2.05) is 130 Å². The van der Waals surface area contributed by atoms with Crippen LogP contribution in [0.4, 0.5) is 0 Å². The minimum Gasteiger partial charge on any atom is -0.390 e. The molecule has 3 atom stereocenters. The summed E-state index contributed by atoms with van der Waals surface area (Å²) < 4.78 is 0. The second kappa shape index (κ2) is 16.4. The Morgan fingerprint density at radius 2 is 1.33 bits per heavy atom. The summed E-state index contributed by atoms with van der Waals surface area (Å²) in [7, 11) is 0. The highest BCUT2D eigenvalue weighted by molar-refractivity contribution is 7.99. The third kappa shape index (κ3) is 10.2. The lowest BCUT2D eigenvalue weighted by Crippen LogP contribution is -2.54. The molecule has 0 saturated carbocycles. The zero-order valence-electron chi connectivity index (χ0n) is 27.9. The number of fused-ring (bicyclic) bond motifs is 1. The smallest absolute Gasteiger partial charge is 0.270 e. The van der Waals surface area contributed by atoms with Gasteiger partial charge in [-0.15, -0.1) is 11.8 Å². The molecular formula is C40H42N4O4S. The van der Waals surface area contributed by atoms with E-state index in [9.17, 15) is 19.5 Å². The quantitative estimate of drug-likeness (QED) is 0.114. The average molecular weight is 675 g/mol. The number of benzene rings is 4. The Morgan fingerprint density at radius 3 is 2.02 bits per heavy atom. The molecule has 0 saturated heterocycles. The van der Waals surface area contributed by atoms with Crippen LogP contribution >= 0.6 is 11.8 Å². The van der Waals surface area contributed by atoms with Crippen molar-refractivity contribution in [3.63, 3.8) is 0 Å². The number of aliphatic hydroxyl groups excluding tert-OH is 1. The van der Waals surface area contributed by atoms with Crippen LogP contribution in [0.3, 0.4) is 0 Å². The maximum atomic E-state index is 14.1. The molecule has 5 rings (SSSR count). The van der Waals surface area contributed by atoms with Crippen LogP contribution in [0.2, 0.25) is 0 Å². The van der Waals surface area contributed by atoms with Crippen LogP contribution in [0, 0.1) is 0 Å². The number of carbonyl (C=O) groups excluding carboxylic acids is 3. The fourth-order valence-electron chi connectivity index (χ4n) is 5.40. The van der Waals surface area contributed by atoms with Crippen molar-refractivity contribution in [2.75, 3.05) is 5.75 Å². The van der Waals surface area contributed by atoms with E-state index in [4.69, 9.17) is 0 Å². The van der Waals surface area contributed by atoms with Gasteiger partial charge >= 0.3 is 0 Å². The number of carbonyl (C=O) groups is 3. The molecule has 0 fully saturated rings. The molecule has 8 nitrogen and oxygen atoms in total. The summed E-state index contributed by atoms with van der Waals surface area (Å²) in [6, 6.07) is 35.8. The van der Waals surface area contributed by atoms with Gasteiger partial charge in [0.15, 0.2) is 0 Å². The van der Waals surface area contributed by atoms with Crippen LogP contribution in [-0.4, -0.2) is 57.3 Å². The highest BCUT2D eigenvalue weighted by Gasteiger charge is 2.29. The third-order valence-electron chi connectivity index (χ3n) is 7.86. The summed E-state index contributed by atoms with van der Waals surface area (Å²) in [5.41, 5.74) is 2.80. The summed E-state index contributed by atoms with van der Waals surface area (Å²) in [6.07, 6.45) is -0.382. The SMILES string of the molecule is CC(C)(C)NC(=O)c1ccccc1SC[C@H](O)[C@H](Cc1ccccc1)NC(=O)[C@H](Cc1ccccc1)NC(=O)c1ccc2ccccc2n1. The number of aromatic nitrogens is 1. The monoisotopic (exact) mass is 674 g/mol. The molecule has 1 heterocycles. The molecule has 3 amide bonds. The summed E-state index contributed by atoms with van der Waals surface area (Å²) in [5.74, 6) is -0.871. The van der Waals surface area contributed by atoms with Gasteiger partial charge in [-0.05, 0) is 62.6 Å². The number of rotatable bonds is 13. The Kier molecular flexibility index (Phi) is 11.8. The molecule has 0 aliphatic carbocycles. The lowest BCUT2D eigenvalue weighted by atomic mass is 10.00. The lowest BCUT2D eigenvalue weighted by Gasteiger charge is -2.27. The zero-order valence-corrected chi connectivity index (χ0v) is 28.7. The predicted molar refractivity (Wildman–Crippen MR) is 196 cm³/mol. The molecule has 0 aliphatic heterocycles. The largest absolute Gasteiger partial charge is 0.390 e. The van der Waals surface area contributed by atoms with Gasteiger partial charge in [-0.1, -0.05) is 97.1 Å². The van der Waals surface area contributed by atoms with Gasteiger partial charge in [-0.2, -0.15) is 0 Å². The van der Waals surface area contributed by atoms with Crippen molar-refractivity contribution in [3.05, 3.63) is 144 Å². The molecule has 4 N–H and O–H groups in total. The molecule has 0 aliphatic rings. The summed E-state index contributed by atoms with van der Waals surface area (Å²) >= 11 is 1.36. The number of thioether (sulfide) groups is 1. The highest BCUT2D eigenvalue weighted by atomic mass is 32.2. The van der Waals surface area contributed by atoms with Gasteiger partial charge in [0.25, 0.3) is 11.8 Å². The molecule has 9 heteroatoms. The Bertz CT molecular complexity index is 1880. The number of nitrogens with one attached hydrogen (secondary N) is 3. The first kappa shape index (κ1) is 35.3. The molecule has 4 aromatic carbocycles. The number of pyridine rings is 1. The van der Waals surface area contributed by atoms with Gasteiger partial charge in [0.05, 0.1) is 23.2 Å². The van der Waals surface area contributed by atoms with E-state index >= 15 is 0 Å². The molecular weight excluding hydrogens is 633 g/mol. The normalized spacial score (nSPS) is 13.2. The van der Waals surface area contributed by atoms with Gasteiger partial charge in [0, 0.05) is 28.0 Å². The maximum absolute atomic E-state index is 14.1. The first-order chi connectivity index (χ1) is 23.6. The predicted octanol–water partition coefficient (Wildman–Crippen LogP) is 5.98. The van der Waals surface area contributed by atoms with E-state index < -0.39 is 35.5 Å². The third-order valence-corrected chi connectivity index (χ3v) is 9.03. The molecule has 0 bridgehead atoms. The maximum Gasteiger partial charge on any atom is 0.270 e. The van der Waals surface area contributed by atoms with Crippen LogP contribution in [-0.2, 0) is 17.6 Å². The van der Waals surface area contributed by atoms with E-state index in [-0.39, 0.29) is 23.8 Å². The number of hydrogen-bond acceptors (Lipinski definition) is 6. The Balaban J connectivity index is 1.36. The van der Waals surface area contributed by atoms with Crippen LogP contribution in [0.15, 0.2) is 126 Å². The van der Waals surface area contributed by atoms with Gasteiger partial charge in [-0.3, -0.25) is 14.4 Å². The Morgan fingerprint density at radius 1 is 0.714 bits per heavy atom. The zero-order chi connectivity index (χ0) is 34.8. The van der Waals surface area contributed by atoms with Crippen LogP contribution in [0.25, 0.3) is 10.9 Å². The number of aliphatic hydroxyl groups is 1. The van der Waals surface area contributed by atoms with Crippen molar-refractivity contribution in [2.45, 2.75) is 62.2 Å². The van der Waals surface area contributed by atoms with Crippen molar-refractivity contribution in [1.82, 2.24) is 20.9 Å². The van der Waals surface area contributed by atoms with E-state index in [1.54, 1.807) is 12.1 Å². The van der Waals surface area contributed by atoms with Gasteiger partial charge in [0.2, 0.25) is 5.91 Å². The minimum atomic E-state index is -0.983. The number of nitrogens with zero attached hydrogens (tertiary/aromatic N) is 1. The van der Waals surface area contributed by atoms with E-state index in [0.717, 1.165) is 21.4 Å². The van der Waals surface area contributed by atoms with Gasteiger partial charge < -0.3 is 21.1 Å². The molecule has 5 aromatic rings.